The highest BCUT2D eigenvalue weighted by Crippen LogP contribution is 2.29. The number of halogens is 1. The summed E-state index contributed by atoms with van der Waals surface area (Å²) in [7, 11) is 0. The Morgan fingerprint density at radius 1 is 1.05 bits per heavy atom. The fourth-order valence-corrected chi connectivity index (χ4v) is 2.74. The molecule has 2 aromatic carbocycles. The van der Waals surface area contributed by atoms with Crippen LogP contribution in [0.1, 0.15) is 22.3 Å². The van der Waals surface area contributed by atoms with Crippen molar-refractivity contribution in [2.45, 2.75) is 12.8 Å². The van der Waals surface area contributed by atoms with Crippen LogP contribution in [0.5, 0.6) is 0 Å². The highest BCUT2D eigenvalue weighted by atomic mass is 35.5. The first-order valence-electron chi connectivity index (χ1n) is 6.41. The molecule has 3 rings (SSSR count). The summed E-state index contributed by atoms with van der Waals surface area (Å²) in [6, 6.07) is 15.3. The van der Waals surface area contributed by atoms with Crippen LogP contribution in [-0.2, 0) is 6.42 Å². The van der Waals surface area contributed by atoms with Gasteiger partial charge in [0.1, 0.15) is 0 Å². The zero-order valence-corrected chi connectivity index (χ0v) is 11.2. The molecule has 0 radical (unpaired) electrons. The fourth-order valence-electron chi connectivity index (χ4n) is 2.52. The van der Waals surface area contributed by atoms with Gasteiger partial charge in [-0.2, -0.15) is 0 Å². The molecule has 1 aliphatic rings. The van der Waals surface area contributed by atoms with Gasteiger partial charge in [0.05, 0.1) is 10.6 Å². The first kappa shape index (κ1) is 12.2. The lowest BCUT2D eigenvalue weighted by Gasteiger charge is -2.29. The molecule has 0 N–H and O–H groups in total. The number of hydrogen-bond acceptors (Lipinski definition) is 1. The lowest BCUT2D eigenvalue weighted by atomic mass is 10.0. The van der Waals surface area contributed by atoms with E-state index in [0.717, 1.165) is 25.1 Å². The van der Waals surface area contributed by atoms with Gasteiger partial charge < -0.3 is 4.90 Å². The standard InChI is InChI=1S/C16H14ClNO/c17-14-9-3-2-8-13(14)16(19)18-11-5-7-12-6-1-4-10-15(12)18/h1-4,6,8-10H,5,7,11H2. The number of carbonyl (C=O) groups is 1. The summed E-state index contributed by atoms with van der Waals surface area (Å²) in [5, 5.41) is 0.510. The molecule has 1 heterocycles. The number of fused-ring (bicyclic) bond motifs is 1. The van der Waals surface area contributed by atoms with Crippen molar-refractivity contribution in [3.8, 4) is 0 Å². The molecule has 2 nitrogen and oxygen atoms in total. The van der Waals surface area contributed by atoms with E-state index in [1.807, 2.05) is 35.2 Å². The average molecular weight is 272 g/mol. The molecule has 19 heavy (non-hydrogen) atoms. The zero-order chi connectivity index (χ0) is 13.2. The van der Waals surface area contributed by atoms with E-state index in [2.05, 4.69) is 6.07 Å². The second-order valence-corrected chi connectivity index (χ2v) is 5.08. The summed E-state index contributed by atoms with van der Waals surface area (Å²) in [6.07, 6.45) is 2.02. The normalized spacial score (nSPS) is 14.1. The van der Waals surface area contributed by atoms with Crippen LogP contribution in [0, 0.1) is 0 Å². The molecule has 1 amide bonds. The molecule has 0 saturated carbocycles. The average Bonchev–Trinajstić information content (AvgIpc) is 2.46. The van der Waals surface area contributed by atoms with E-state index in [-0.39, 0.29) is 5.91 Å². The maximum absolute atomic E-state index is 12.6. The Morgan fingerprint density at radius 3 is 2.63 bits per heavy atom. The molecule has 96 valence electrons. The fraction of sp³-hybridized carbons (Fsp3) is 0.188. The number of nitrogens with zero attached hydrogens (tertiary/aromatic N) is 1. The number of hydrogen-bond donors (Lipinski definition) is 0. The predicted molar refractivity (Wildman–Crippen MR) is 77.9 cm³/mol. The summed E-state index contributed by atoms with van der Waals surface area (Å²) in [4.78, 5) is 14.5. The number of para-hydroxylation sites is 1. The summed E-state index contributed by atoms with van der Waals surface area (Å²) in [5.41, 5.74) is 2.81. The Morgan fingerprint density at radius 2 is 1.79 bits per heavy atom. The molecule has 0 bridgehead atoms. The lowest BCUT2D eigenvalue weighted by molar-refractivity contribution is 0.0985. The Hall–Kier alpha value is -1.80. The monoisotopic (exact) mass is 271 g/mol. The third kappa shape index (κ3) is 2.24. The molecule has 0 fully saturated rings. The van der Waals surface area contributed by atoms with Crippen molar-refractivity contribution < 1.29 is 4.79 Å². The van der Waals surface area contributed by atoms with Crippen molar-refractivity contribution in [2.75, 3.05) is 11.4 Å². The molecule has 0 aromatic heterocycles. The molecule has 2 aromatic rings. The molecule has 1 aliphatic heterocycles. The Labute approximate surface area is 117 Å². The van der Waals surface area contributed by atoms with E-state index in [1.54, 1.807) is 12.1 Å². The quantitative estimate of drug-likeness (QED) is 0.769. The van der Waals surface area contributed by atoms with Gasteiger partial charge in [-0.25, -0.2) is 0 Å². The largest absolute Gasteiger partial charge is 0.308 e. The highest BCUT2D eigenvalue weighted by molar-refractivity contribution is 6.34. The third-order valence-electron chi connectivity index (χ3n) is 3.46. The van der Waals surface area contributed by atoms with E-state index < -0.39 is 0 Å². The van der Waals surface area contributed by atoms with Gasteiger partial charge in [0.25, 0.3) is 5.91 Å². The minimum atomic E-state index is -0.0160. The summed E-state index contributed by atoms with van der Waals surface area (Å²) in [5.74, 6) is -0.0160. The summed E-state index contributed by atoms with van der Waals surface area (Å²) < 4.78 is 0. The number of rotatable bonds is 1. The lowest BCUT2D eigenvalue weighted by Crippen LogP contribution is -2.35. The topological polar surface area (TPSA) is 20.3 Å². The van der Waals surface area contributed by atoms with Crippen LogP contribution in [0.15, 0.2) is 48.5 Å². The van der Waals surface area contributed by atoms with Gasteiger partial charge in [-0.15, -0.1) is 0 Å². The van der Waals surface area contributed by atoms with Gasteiger partial charge in [0.15, 0.2) is 0 Å². The van der Waals surface area contributed by atoms with E-state index in [4.69, 9.17) is 11.6 Å². The first-order valence-corrected chi connectivity index (χ1v) is 6.79. The van der Waals surface area contributed by atoms with E-state index in [9.17, 15) is 4.79 Å². The number of benzene rings is 2. The first-order chi connectivity index (χ1) is 9.27. The minimum absolute atomic E-state index is 0.0160. The van der Waals surface area contributed by atoms with Gasteiger partial charge in [0.2, 0.25) is 0 Å². The second-order valence-electron chi connectivity index (χ2n) is 4.67. The smallest absolute Gasteiger partial charge is 0.259 e. The highest BCUT2D eigenvalue weighted by Gasteiger charge is 2.24. The predicted octanol–water partition coefficient (Wildman–Crippen LogP) is 3.93. The van der Waals surface area contributed by atoms with E-state index in [0.29, 0.717) is 10.6 Å². The maximum Gasteiger partial charge on any atom is 0.259 e. The molecular formula is C16H14ClNO. The van der Waals surface area contributed by atoms with Crippen LogP contribution >= 0.6 is 11.6 Å². The Balaban J connectivity index is 2.00. The minimum Gasteiger partial charge on any atom is -0.308 e. The molecule has 0 saturated heterocycles. The van der Waals surface area contributed by atoms with E-state index >= 15 is 0 Å². The van der Waals surface area contributed by atoms with Crippen molar-refractivity contribution in [3.63, 3.8) is 0 Å². The van der Waals surface area contributed by atoms with Crippen LogP contribution < -0.4 is 4.90 Å². The SMILES string of the molecule is O=C(c1ccccc1Cl)N1CCCc2ccccc21. The Kier molecular flexibility index (Phi) is 3.26. The third-order valence-corrected chi connectivity index (χ3v) is 3.79. The van der Waals surface area contributed by atoms with Gasteiger partial charge >= 0.3 is 0 Å². The molecular weight excluding hydrogens is 258 g/mol. The summed E-state index contributed by atoms with van der Waals surface area (Å²) >= 11 is 6.12. The van der Waals surface area contributed by atoms with Gasteiger partial charge in [-0.1, -0.05) is 41.9 Å². The van der Waals surface area contributed by atoms with Gasteiger partial charge in [-0.05, 0) is 36.6 Å². The number of anilines is 1. The number of aryl methyl sites for hydroxylation is 1. The molecule has 3 heteroatoms. The summed E-state index contributed by atoms with van der Waals surface area (Å²) in [6.45, 7) is 0.751. The maximum atomic E-state index is 12.6. The molecule has 0 spiro atoms. The number of amides is 1. The number of carbonyl (C=O) groups excluding carboxylic acids is 1. The van der Waals surface area contributed by atoms with Crippen molar-refractivity contribution >= 4 is 23.2 Å². The van der Waals surface area contributed by atoms with Crippen molar-refractivity contribution in [1.82, 2.24) is 0 Å². The van der Waals surface area contributed by atoms with Crippen LogP contribution in [0.2, 0.25) is 5.02 Å². The van der Waals surface area contributed by atoms with Gasteiger partial charge in [-0.3, -0.25) is 4.79 Å². The van der Waals surface area contributed by atoms with Crippen LogP contribution in [0.25, 0.3) is 0 Å². The van der Waals surface area contributed by atoms with Crippen LogP contribution in [0.4, 0.5) is 5.69 Å². The molecule has 0 unspecified atom stereocenters. The Bertz CT molecular complexity index is 624. The molecule has 0 aliphatic carbocycles. The van der Waals surface area contributed by atoms with Gasteiger partial charge in [0, 0.05) is 12.2 Å². The van der Waals surface area contributed by atoms with Crippen molar-refractivity contribution in [2.24, 2.45) is 0 Å². The zero-order valence-electron chi connectivity index (χ0n) is 10.5. The second kappa shape index (κ2) is 5.06. The van der Waals surface area contributed by atoms with E-state index in [1.165, 1.54) is 5.56 Å². The molecule has 0 atom stereocenters. The van der Waals surface area contributed by atoms with Crippen LogP contribution in [0.3, 0.4) is 0 Å². The van der Waals surface area contributed by atoms with Crippen molar-refractivity contribution in [3.05, 3.63) is 64.7 Å². The van der Waals surface area contributed by atoms with Crippen molar-refractivity contribution in [1.29, 1.82) is 0 Å². The van der Waals surface area contributed by atoms with Crippen LogP contribution in [-0.4, -0.2) is 12.5 Å².